The number of benzene rings is 2. The van der Waals surface area contributed by atoms with Crippen LogP contribution in [0.3, 0.4) is 0 Å². The molecule has 0 aliphatic heterocycles. The first-order valence-corrected chi connectivity index (χ1v) is 8.74. The predicted octanol–water partition coefficient (Wildman–Crippen LogP) is 3.23. The number of fused-ring (bicyclic) bond motifs is 1. The number of carbonyl (C=O) groups excluding carboxylic acids is 1. The Balaban J connectivity index is 1.82. The van der Waals surface area contributed by atoms with E-state index in [1.54, 1.807) is 16.7 Å². The van der Waals surface area contributed by atoms with Crippen molar-refractivity contribution in [2.75, 3.05) is 0 Å². The van der Waals surface area contributed by atoms with E-state index in [2.05, 4.69) is 5.32 Å². The van der Waals surface area contributed by atoms with Crippen molar-refractivity contribution in [2.45, 2.75) is 39.4 Å². The van der Waals surface area contributed by atoms with Crippen molar-refractivity contribution in [2.24, 2.45) is 0 Å². The van der Waals surface area contributed by atoms with E-state index >= 15 is 0 Å². The van der Waals surface area contributed by atoms with Gasteiger partial charge in [-0.25, -0.2) is 9.18 Å². The Hall–Kier alpha value is -2.89. The van der Waals surface area contributed by atoms with Crippen molar-refractivity contribution in [1.29, 1.82) is 0 Å². The van der Waals surface area contributed by atoms with Crippen LogP contribution in [0.1, 0.15) is 31.9 Å². The molecule has 1 N–H and O–H groups in total. The van der Waals surface area contributed by atoms with Gasteiger partial charge in [0.25, 0.3) is 0 Å². The molecule has 1 amide bonds. The molecule has 3 aromatic rings. The van der Waals surface area contributed by atoms with Gasteiger partial charge in [0.1, 0.15) is 12.4 Å². The molecule has 6 heteroatoms. The summed E-state index contributed by atoms with van der Waals surface area (Å²) in [6.07, 6.45) is 0.835. The summed E-state index contributed by atoms with van der Waals surface area (Å²) in [5, 5.41) is 2.87. The Kier molecular flexibility index (Phi) is 5.21. The lowest BCUT2D eigenvalue weighted by Crippen LogP contribution is -2.34. The van der Waals surface area contributed by atoms with Crippen LogP contribution in [0, 0.1) is 5.82 Å². The van der Waals surface area contributed by atoms with Gasteiger partial charge >= 0.3 is 5.69 Å². The summed E-state index contributed by atoms with van der Waals surface area (Å²) < 4.78 is 16.2. The van der Waals surface area contributed by atoms with Crippen molar-refractivity contribution in [3.05, 3.63) is 70.4 Å². The van der Waals surface area contributed by atoms with Crippen molar-refractivity contribution in [3.8, 4) is 0 Å². The Morgan fingerprint density at radius 3 is 2.31 bits per heavy atom. The molecule has 26 heavy (non-hydrogen) atoms. The predicted molar refractivity (Wildman–Crippen MR) is 99.4 cm³/mol. The number of hydrogen-bond acceptors (Lipinski definition) is 2. The highest BCUT2D eigenvalue weighted by Gasteiger charge is 2.16. The van der Waals surface area contributed by atoms with Gasteiger partial charge in [-0.05, 0) is 43.2 Å². The number of aromatic nitrogens is 2. The number of rotatable bonds is 6. The number of nitrogens with zero attached hydrogens (tertiary/aromatic N) is 2. The average molecular weight is 355 g/mol. The number of nitrogens with one attached hydrogen (secondary N) is 1. The minimum atomic E-state index is -0.317. The van der Waals surface area contributed by atoms with Crippen LogP contribution in [0.2, 0.25) is 0 Å². The summed E-state index contributed by atoms with van der Waals surface area (Å²) in [5.74, 6) is -0.578. The van der Waals surface area contributed by atoms with Gasteiger partial charge in [-0.2, -0.15) is 0 Å². The third-order valence-electron chi connectivity index (χ3n) is 4.42. The molecule has 3 rings (SSSR count). The fourth-order valence-corrected chi connectivity index (χ4v) is 3.13. The lowest BCUT2D eigenvalue weighted by atomic mass is 10.1. The summed E-state index contributed by atoms with van der Waals surface area (Å²) >= 11 is 0. The van der Waals surface area contributed by atoms with Crippen LogP contribution in [0.4, 0.5) is 4.39 Å². The van der Waals surface area contributed by atoms with E-state index in [-0.39, 0.29) is 30.0 Å². The molecule has 2 aromatic carbocycles. The molecule has 1 aromatic heterocycles. The highest BCUT2D eigenvalue weighted by Crippen LogP contribution is 2.15. The standard InChI is InChI=1S/C20H22FN3O2/c1-3-12-23-17-6-4-5-7-18(17)24(20(23)26)13-19(25)22-14(2)15-8-10-16(21)11-9-15/h4-11,14H,3,12-13H2,1-2H3,(H,22,25). The van der Waals surface area contributed by atoms with Crippen LogP contribution in [0.5, 0.6) is 0 Å². The second kappa shape index (κ2) is 7.56. The van der Waals surface area contributed by atoms with Crippen molar-refractivity contribution in [1.82, 2.24) is 14.5 Å². The van der Waals surface area contributed by atoms with Gasteiger partial charge in [-0.1, -0.05) is 31.2 Å². The number of hydrogen-bond donors (Lipinski definition) is 1. The monoisotopic (exact) mass is 355 g/mol. The van der Waals surface area contributed by atoms with Crippen LogP contribution in [-0.2, 0) is 17.9 Å². The smallest absolute Gasteiger partial charge is 0.329 e. The maximum absolute atomic E-state index is 13.0. The maximum Gasteiger partial charge on any atom is 0.329 e. The Labute approximate surface area is 151 Å². The number of halogens is 1. The highest BCUT2D eigenvalue weighted by molar-refractivity contribution is 5.81. The number of amides is 1. The van der Waals surface area contributed by atoms with Gasteiger partial charge in [0.15, 0.2) is 0 Å². The molecule has 0 fully saturated rings. The molecule has 136 valence electrons. The lowest BCUT2D eigenvalue weighted by Gasteiger charge is -2.14. The summed E-state index contributed by atoms with van der Waals surface area (Å²) in [6, 6.07) is 13.2. The molecule has 0 spiro atoms. The van der Waals surface area contributed by atoms with Gasteiger partial charge < -0.3 is 5.32 Å². The van der Waals surface area contributed by atoms with Crippen LogP contribution >= 0.6 is 0 Å². The zero-order chi connectivity index (χ0) is 18.7. The van der Waals surface area contributed by atoms with Gasteiger partial charge in [0.2, 0.25) is 5.91 Å². The van der Waals surface area contributed by atoms with E-state index in [1.165, 1.54) is 16.7 Å². The first-order chi connectivity index (χ1) is 12.5. The SMILES string of the molecule is CCCn1c(=O)n(CC(=O)NC(C)c2ccc(F)cc2)c2ccccc21. The number of aryl methyl sites for hydroxylation is 1. The molecule has 5 nitrogen and oxygen atoms in total. The minimum absolute atomic E-state index is 0.0540. The third kappa shape index (κ3) is 3.54. The molecule has 1 atom stereocenters. The second-order valence-electron chi connectivity index (χ2n) is 6.35. The largest absolute Gasteiger partial charge is 0.348 e. The summed E-state index contributed by atoms with van der Waals surface area (Å²) in [6.45, 7) is 4.39. The Bertz CT molecular complexity index is 973. The van der Waals surface area contributed by atoms with Crippen molar-refractivity contribution >= 4 is 16.9 Å². The van der Waals surface area contributed by atoms with Crippen molar-refractivity contribution in [3.63, 3.8) is 0 Å². The molecule has 1 unspecified atom stereocenters. The lowest BCUT2D eigenvalue weighted by molar-refractivity contribution is -0.122. The van der Waals surface area contributed by atoms with E-state index < -0.39 is 0 Å². The molecule has 0 aliphatic rings. The van der Waals surface area contributed by atoms with Gasteiger partial charge in [0.05, 0.1) is 17.1 Å². The number of para-hydroxylation sites is 2. The zero-order valence-corrected chi connectivity index (χ0v) is 14.9. The summed E-state index contributed by atoms with van der Waals surface area (Å²) in [5.41, 5.74) is 2.20. The third-order valence-corrected chi connectivity index (χ3v) is 4.42. The summed E-state index contributed by atoms with van der Waals surface area (Å²) in [4.78, 5) is 25.2. The average Bonchev–Trinajstić information content (AvgIpc) is 2.88. The molecule has 1 heterocycles. The van der Waals surface area contributed by atoms with Crippen LogP contribution in [0.15, 0.2) is 53.3 Å². The van der Waals surface area contributed by atoms with E-state index in [9.17, 15) is 14.0 Å². The van der Waals surface area contributed by atoms with Crippen LogP contribution in [-0.4, -0.2) is 15.0 Å². The quantitative estimate of drug-likeness (QED) is 0.738. The van der Waals surface area contributed by atoms with Gasteiger partial charge in [0, 0.05) is 6.54 Å². The maximum atomic E-state index is 13.0. The fourth-order valence-electron chi connectivity index (χ4n) is 3.13. The minimum Gasteiger partial charge on any atom is -0.348 e. The first-order valence-electron chi connectivity index (χ1n) is 8.74. The molecule has 0 bridgehead atoms. The zero-order valence-electron chi connectivity index (χ0n) is 14.9. The Morgan fingerprint density at radius 2 is 1.69 bits per heavy atom. The second-order valence-corrected chi connectivity index (χ2v) is 6.35. The first kappa shape index (κ1) is 17.9. The number of carbonyl (C=O) groups is 1. The molecule has 0 saturated heterocycles. The van der Waals surface area contributed by atoms with E-state index in [4.69, 9.17) is 0 Å². The molecule has 0 aliphatic carbocycles. The van der Waals surface area contributed by atoms with Crippen LogP contribution < -0.4 is 11.0 Å². The van der Waals surface area contributed by atoms with E-state index in [0.29, 0.717) is 6.54 Å². The van der Waals surface area contributed by atoms with Gasteiger partial charge in [-0.15, -0.1) is 0 Å². The number of imidazole rings is 1. The normalized spacial score (nSPS) is 12.3. The van der Waals surface area contributed by atoms with Gasteiger partial charge in [-0.3, -0.25) is 13.9 Å². The topological polar surface area (TPSA) is 56.0 Å². The molecule has 0 radical (unpaired) electrons. The molecule has 0 saturated carbocycles. The van der Waals surface area contributed by atoms with E-state index in [0.717, 1.165) is 23.0 Å². The van der Waals surface area contributed by atoms with Crippen molar-refractivity contribution < 1.29 is 9.18 Å². The summed E-state index contributed by atoms with van der Waals surface area (Å²) in [7, 11) is 0. The molecular formula is C20H22FN3O2. The Morgan fingerprint density at radius 1 is 1.08 bits per heavy atom. The molecular weight excluding hydrogens is 333 g/mol. The fraction of sp³-hybridized carbons (Fsp3) is 0.300. The van der Waals surface area contributed by atoms with Crippen LogP contribution in [0.25, 0.3) is 11.0 Å². The highest BCUT2D eigenvalue weighted by atomic mass is 19.1. The van der Waals surface area contributed by atoms with E-state index in [1.807, 2.05) is 38.1 Å².